The summed E-state index contributed by atoms with van der Waals surface area (Å²) in [4.78, 5) is 31.8. The average Bonchev–Trinajstić information content (AvgIpc) is 2.89. The van der Waals surface area contributed by atoms with Crippen LogP contribution in [-0.4, -0.2) is 43.3 Å². The summed E-state index contributed by atoms with van der Waals surface area (Å²) < 4.78 is 31.7. The van der Waals surface area contributed by atoms with E-state index in [1.54, 1.807) is 18.6 Å². The van der Waals surface area contributed by atoms with Gasteiger partial charge in [-0.15, -0.1) is 11.3 Å². The Bertz CT molecular complexity index is 630. The molecule has 21 heavy (non-hydrogen) atoms. The lowest BCUT2D eigenvalue weighted by Gasteiger charge is -1.93. The molecule has 11 heteroatoms. The number of carbonyl (C=O) groups is 2. The molecule has 0 radical (unpaired) electrons. The SMILES string of the molecule is O=C(O)C(F)(F)F.O=C(O)c1ncc(-c2cnccn2)s1. The molecule has 0 spiro atoms. The molecule has 0 unspecified atom stereocenters. The molecule has 0 fully saturated rings. The van der Waals surface area contributed by atoms with Crippen LogP contribution in [0.15, 0.2) is 24.8 Å². The van der Waals surface area contributed by atoms with E-state index in [0.717, 1.165) is 11.3 Å². The maximum absolute atomic E-state index is 10.6. The van der Waals surface area contributed by atoms with Gasteiger partial charge in [0.2, 0.25) is 5.01 Å². The monoisotopic (exact) mass is 321 g/mol. The summed E-state index contributed by atoms with van der Waals surface area (Å²) in [6.07, 6.45) is 1.08. The summed E-state index contributed by atoms with van der Waals surface area (Å²) in [5.74, 6) is -3.78. The van der Waals surface area contributed by atoms with Gasteiger partial charge < -0.3 is 10.2 Å². The lowest BCUT2D eigenvalue weighted by molar-refractivity contribution is -0.192. The van der Waals surface area contributed by atoms with Gasteiger partial charge in [0.05, 0.1) is 11.1 Å². The van der Waals surface area contributed by atoms with Crippen molar-refractivity contribution in [2.75, 3.05) is 0 Å². The summed E-state index contributed by atoms with van der Waals surface area (Å²) in [7, 11) is 0. The number of halogens is 3. The number of alkyl halides is 3. The molecule has 2 aromatic heterocycles. The largest absolute Gasteiger partial charge is 0.490 e. The quantitative estimate of drug-likeness (QED) is 0.868. The minimum Gasteiger partial charge on any atom is -0.476 e. The van der Waals surface area contributed by atoms with Gasteiger partial charge in [-0.3, -0.25) is 9.97 Å². The second kappa shape index (κ2) is 6.74. The molecule has 0 aliphatic heterocycles. The van der Waals surface area contributed by atoms with Gasteiger partial charge in [-0.05, 0) is 0 Å². The van der Waals surface area contributed by atoms with Crippen molar-refractivity contribution in [1.29, 1.82) is 0 Å². The van der Waals surface area contributed by atoms with E-state index in [2.05, 4.69) is 15.0 Å². The highest BCUT2D eigenvalue weighted by atomic mass is 32.1. The number of nitrogens with zero attached hydrogens (tertiary/aromatic N) is 3. The fourth-order valence-electron chi connectivity index (χ4n) is 0.918. The van der Waals surface area contributed by atoms with Crippen LogP contribution < -0.4 is 0 Å². The molecule has 7 nitrogen and oxygen atoms in total. The second-order valence-corrected chi connectivity index (χ2v) is 4.26. The van der Waals surface area contributed by atoms with Crippen molar-refractivity contribution in [3.05, 3.63) is 29.8 Å². The van der Waals surface area contributed by atoms with Crippen LogP contribution in [0.3, 0.4) is 0 Å². The van der Waals surface area contributed by atoms with Gasteiger partial charge in [0.25, 0.3) is 0 Å². The molecule has 0 aliphatic rings. The van der Waals surface area contributed by atoms with E-state index >= 15 is 0 Å². The molecule has 2 N–H and O–H groups in total. The van der Waals surface area contributed by atoms with E-state index < -0.39 is 18.1 Å². The minimum atomic E-state index is -5.08. The van der Waals surface area contributed by atoms with Gasteiger partial charge in [-0.25, -0.2) is 14.6 Å². The maximum Gasteiger partial charge on any atom is 0.490 e. The molecule has 2 heterocycles. The highest BCUT2D eigenvalue weighted by Crippen LogP contribution is 2.23. The standard InChI is InChI=1S/C8H5N3O2S.C2HF3O2/c12-8(13)7-11-4-6(14-7)5-3-9-1-2-10-5;3-2(4,5)1(6)7/h1-4H,(H,12,13);(H,6,7). The van der Waals surface area contributed by atoms with Crippen LogP contribution in [0.25, 0.3) is 10.6 Å². The van der Waals surface area contributed by atoms with Crippen molar-refractivity contribution in [1.82, 2.24) is 15.0 Å². The lowest BCUT2D eigenvalue weighted by Crippen LogP contribution is -2.21. The number of carboxylic acids is 2. The normalized spacial score (nSPS) is 10.4. The Balaban J connectivity index is 0.000000270. The molecule has 0 saturated heterocycles. The van der Waals surface area contributed by atoms with E-state index in [0.29, 0.717) is 10.6 Å². The number of hydrogen-bond donors (Lipinski definition) is 2. The average molecular weight is 321 g/mol. The maximum atomic E-state index is 10.6. The number of hydrogen-bond acceptors (Lipinski definition) is 6. The zero-order valence-corrected chi connectivity index (χ0v) is 10.7. The predicted octanol–water partition coefficient (Wildman–Crippen LogP) is 1.93. The molecule has 2 rings (SSSR count). The van der Waals surface area contributed by atoms with E-state index in [1.807, 2.05) is 0 Å². The molecule has 0 amide bonds. The van der Waals surface area contributed by atoms with Crippen LogP contribution in [0, 0.1) is 0 Å². The Morgan fingerprint density at radius 2 is 1.71 bits per heavy atom. The zero-order chi connectivity index (χ0) is 16.0. The van der Waals surface area contributed by atoms with Gasteiger partial charge in [0, 0.05) is 18.6 Å². The van der Waals surface area contributed by atoms with Gasteiger partial charge in [0.15, 0.2) is 0 Å². The lowest BCUT2D eigenvalue weighted by atomic mass is 10.4. The van der Waals surface area contributed by atoms with E-state index in [4.69, 9.17) is 15.0 Å². The van der Waals surface area contributed by atoms with Gasteiger partial charge in [-0.1, -0.05) is 0 Å². The first-order valence-electron chi connectivity index (χ1n) is 4.97. The number of carboxylic acid groups (broad SMARTS) is 2. The zero-order valence-electron chi connectivity index (χ0n) is 9.90. The number of rotatable bonds is 2. The van der Waals surface area contributed by atoms with Crippen molar-refractivity contribution in [3.8, 4) is 10.6 Å². The first kappa shape index (κ1) is 16.5. The van der Waals surface area contributed by atoms with Crippen molar-refractivity contribution in [2.24, 2.45) is 0 Å². The van der Waals surface area contributed by atoms with E-state index in [9.17, 15) is 18.0 Å². The van der Waals surface area contributed by atoms with Crippen molar-refractivity contribution in [3.63, 3.8) is 0 Å². The molecule has 0 aromatic carbocycles. The molecule has 0 atom stereocenters. The second-order valence-electron chi connectivity index (χ2n) is 3.23. The van der Waals surface area contributed by atoms with E-state index in [1.165, 1.54) is 6.20 Å². The van der Waals surface area contributed by atoms with Crippen molar-refractivity contribution >= 4 is 23.3 Å². The summed E-state index contributed by atoms with van der Waals surface area (Å²) in [5.41, 5.74) is 0.637. The first-order chi connectivity index (χ1) is 9.71. The molecule has 0 bridgehead atoms. The molecule has 2 aromatic rings. The highest BCUT2D eigenvalue weighted by Gasteiger charge is 2.38. The first-order valence-corrected chi connectivity index (χ1v) is 5.79. The predicted molar refractivity (Wildman–Crippen MR) is 63.8 cm³/mol. The van der Waals surface area contributed by atoms with Crippen LogP contribution in [-0.2, 0) is 4.79 Å². The van der Waals surface area contributed by atoms with Crippen molar-refractivity contribution in [2.45, 2.75) is 6.18 Å². The Morgan fingerprint density at radius 1 is 1.10 bits per heavy atom. The fraction of sp³-hybridized carbons (Fsp3) is 0.100. The fourth-order valence-corrected chi connectivity index (χ4v) is 1.63. The Labute approximate surface area is 118 Å². The molecule has 112 valence electrons. The van der Waals surface area contributed by atoms with Crippen LogP contribution in [0.1, 0.15) is 9.80 Å². The highest BCUT2D eigenvalue weighted by molar-refractivity contribution is 7.16. The number of thiazole rings is 1. The third kappa shape index (κ3) is 5.14. The third-order valence-corrected chi connectivity index (χ3v) is 2.75. The minimum absolute atomic E-state index is 0.0608. The Morgan fingerprint density at radius 3 is 2.10 bits per heavy atom. The smallest absolute Gasteiger partial charge is 0.476 e. The topological polar surface area (TPSA) is 113 Å². The molecular weight excluding hydrogens is 315 g/mol. The van der Waals surface area contributed by atoms with Crippen LogP contribution >= 0.6 is 11.3 Å². The Kier molecular flexibility index (Phi) is 5.30. The summed E-state index contributed by atoms with van der Waals surface area (Å²) >= 11 is 1.08. The van der Waals surface area contributed by atoms with Gasteiger partial charge in [-0.2, -0.15) is 13.2 Å². The van der Waals surface area contributed by atoms with Crippen LogP contribution in [0.2, 0.25) is 0 Å². The summed E-state index contributed by atoms with van der Waals surface area (Å²) in [5, 5.41) is 15.8. The molecular formula is C10H6F3N3O4S. The molecule has 0 saturated carbocycles. The number of aromatic nitrogens is 3. The van der Waals surface area contributed by atoms with Crippen LogP contribution in [0.4, 0.5) is 13.2 Å². The van der Waals surface area contributed by atoms with Crippen molar-refractivity contribution < 1.29 is 33.0 Å². The van der Waals surface area contributed by atoms with E-state index in [-0.39, 0.29) is 5.01 Å². The third-order valence-electron chi connectivity index (χ3n) is 1.75. The summed E-state index contributed by atoms with van der Waals surface area (Å²) in [6, 6.07) is 0. The number of aromatic carboxylic acids is 1. The molecule has 0 aliphatic carbocycles. The summed E-state index contributed by atoms with van der Waals surface area (Å²) in [6.45, 7) is 0. The van der Waals surface area contributed by atoms with Gasteiger partial charge >= 0.3 is 18.1 Å². The van der Waals surface area contributed by atoms with Gasteiger partial charge in [0.1, 0.15) is 5.69 Å². The number of aliphatic carboxylic acids is 1. The van der Waals surface area contributed by atoms with Crippen LogP contribution in [0.5, 0.6) is 0 Å². The Hall–Kier alpha value is -2.56.